The summed E-state index contributed by atoms with van der Waals surface area (Å²) in [5.41, 5.74) is 1.48. The summed E-state index contributed by atoms with van der Waals surface area (Å²) in [5, 5.41) is 11.7. The first kappa shape index (κ1) is 13.4. The minimum Gasteiger partial charge on any atom is -0.546 e. The van der Waals surface area contributed by atoms with E-state index in [1.165, 1.54) is 0 Å². The largest absolute Gasteiger partial charge is 0.546 e. The van der Waals surface area contributed by atoms with E-state index in [1.54, 1.807) is 42.5 Å². The lowest BCUT2D eigenvalue weighted by molar-refractivity contribution is -0.314. The molecule has 3 nitrogen and oxygen atoms in total. The van der Waals surface area contributed by atoms with E-state index in [2.05, 4.69) is 0 Å². The average molecular weight is 276 g/mol. The van der Waals surface area contributed by atoms with Crippen molar-refractivity contribution in [1.82, 2.24) is 0 Å². The SMILES string of the molecule is Cc1cccc(O[C@@H](C(=O)[O-])c2ccc(Cl)cc2)c1. The highest BCUT2D eigenvalue weighted by atomic mass is 35.5. The van der Waals surface area contributed by atoms with E-state index in [9.17, 15) is 9.90 Å². The van der Waals surface area contributed by atoms with Gasteiger partial charge in [-0.2, -0.15) is 0 Å². The van der Waals surface area contributed by atoms with Gasteiger partial charge in [0, 0.05) is 5.02 Å². The minimum atomic E-state index is -1.29. The van der Waals surface area contributed by atoms with Crippen LogP contribution < -0.4 is 9.84 Å². The Morgan fingerprint density at radius 2 is 1.89 bits per heavy atom. The van der Waals surface area contributed by atoms with Gasteiger partial charge in [0.25, 0.3) is 0 Å². The molecule has 0 fully saturated rings. The molecule has 4 heteroatoms. The van der Waals surface area contributed by atoms with Crippen molar-refractivity contribution in [3.05, 3.63) is 64.7 Å². The highest BCUT2D eigenvalue weighted by Crippen LogP contribution is 2.23. The van der Waals surface area contributed by atoms with E-state index in [0.717, 1.165) is 5.56 Å². The summed E-state index contributed by atoms with van der Waals surface area (Å²) >= 11 is 5.77. The van der Waals surface area contributed by atoms with Crippen LogP contribution in [0.15, 0.2) is 48.5 Å². The van der Waals surface area contributed by atoms with Gasteiger partial charge < -0.3 is 14.6 Å². The number of carbonyl (C=O) groups is 1. The van der Waals surface area contributed by atoms with Gasteiger partial charge in [0.2, 0.25) is 0 Å². The van der Waals surface area contributed by atoms with Crippen LogP contribution in [0, 0.1) is 6.92 Å². The van der Waals surface area contributed by atoms with Gasteiger partial charge in [-0.15, -0.1) is 0 Å². The van der Waals surface area contributed by atoms with Crippen molar-refractivity contribution in [1.29, 1.82) is 0 Å². The zero-order chi connectivity index (χ0) is 13.8. The lowest BCUT2D eigenvalue weighted by atomic mass is 10.1. The van der Waals surface area contributed by atoms with Crippen molar-refractivity contribution in [3.8, 4) is 5.75 Å². The Balaban J connectivity index is 2.26. The Morgan fingerprint density at radius 1 is 1.21 bits per heavy atom. The fraction of sp³-hybridized carbons (Fsp3) is 0.133. The standard InChI is InChI=1S/C15H13ClO3/c1-10-3-2-4-13(9-10)19-14(15(17)18)11-5-7-12(16)8-6-11/h2-9,14H,1H3,(H,17,18)/p-1/t14-/m1/s1. The Morgan fingerprint density at radius 3 is 2.47 bits per heavy atom. The Labute approximate surface area is 116 Å². The third-order valence-corrected chi connectivity index (χ3v) is 2.88. The summed E-state index contributed by atoms with van der Waals surface area (Å²) in [4.78, 5) is 11.2. The molecule has 1 atom stereocenters. The van der Waals surface area contributed by atoms with Crippen molar-refractivity contribution in [2.75, 3.05) is 0 Å². The summed E-state index contributed by atoms with van der Waals surface area (Å²) in [6.45, 7) is 1.91. The molecule has 0 bridgehead atoms. The molecular weight excluding hydrogens is 264 g/mol. The number of aryl methyl sites for hydroxylation is 1. The Kier molecular flexibility index (Phi) is 4.07. The molecule has 0 heterocycles. The third-order valence-electron chi connectivity index (χ3n) is 2.63. The molecule has 19 heavy (non-hydrogen) atoms. The van der Waals surface area contributed by atoms with Crippen molar-refractivity contribution >= 4 is 17.6 Å². The van der Waals surface area contributed by atoms with Crippen molar-refractivity contribution in [3.63, 3.8) is 0 Å². The molecule has 0 aliphatic rings. The van der Waals surface area contributed by atoms with Crippen LogP contribution in [0.2, 0.25) is 5.02 Å². The fourth-order valence-electron chi connectivity index (χ4n) is 1.71. The number of hydrogen-bond acceptors (Lipinski definition) is 3. The number of carboxylic acid groups (broad SMARTS) is 1. The van der Waals surface area contributed by atoms with E-state index in [0.29, 0.717) is 16.3 Å². The summed E-state index contributed by atoms with van der Waals surface area (Å²) < 4.78 is 5.48. The van der Waals surface area contributed by atoms with Crippen LogP contribution in [0.3, 0.4) is 0 Å². The van der Waals surface area contributed by atoms with Gasteiger partial charge in [0.05, 0.1) is 5.97 Å². The molecule has 0 unspecified atom stereocenters. The molecule has 2 aromatic rings. The van der Waals surface area contributed by atoms with Crippen LogP contribution in [0.1, 0.15) is 17.2 Å². The zero-order valence-electron chi connectivity index (χ0n) is 10.3. The second kappa shape index (κ2) is 5.76. The monoisotopic (exact) mass is 275 g/mol. The molecule has 0 saturated heterocycles. The molecule has 0 radical (unpaired) electrons. The molecular formula is C15H12ClO3-. The van der Waals surface area contributed by atoms with Crippen LogP contribution in [0.25, 0.3) is 0 Å². The molecule has 0 amide bonds. The van der Waals surface area contributed by atoms with Crippen LogP contribution in [-0.2, 0) is 4.79 Å². The molecule has 2 rings (SSSR count). The van der Waals surface area contributed by atoms with Crippen LogP contribution in [0.5, 0.6) is 5.75 Å². The normalized spacial score (nSPS) is 11.9. The minimum absolute atomic E-state index is 0.490. The summed E-state index contributed by atoms with van der Waals surface area (Å²) in [6, 6.07) is 13.6. The van der Waals surface area contributed by atoms with E-state index in [4.69, 9.17) is 16.3 Å². The van der Waals surface area contributed by atoms with Crippen LogP contribution in [0.4, 0.5) is 0 Å². The number of carbonyl (C=O) groups excluding carboxylic acids is 1. The summed E-state index contributed by atoms with van der Waals surface area (Å²) in [5.74, 6) is -0.798. The highest BCUT2D eigenvalue weighted by molar-refractivity contribution is 6.30. The topological polar surface area (TPSA) is 49.4 Å². The first-order valence-electron chi connectivity index (χ1n) is 5.76. The van der Waals surface area contributed by atoms with Gasteiger partial charge in [-0.1, -0.05) is 35.9 Å². The Hall–Kier alpha value is -2.00. The third kappa shape index (κ3) is 3.48. The fourth-order valence-corrected chi connectivity index (χ4v) is 1.84. The first-order valence-corrected chi connectivity index (χ1v) is 6.14. The van der Waals surface area contributed by atoms with Crippen LogP contribution in [-0.4, -0.2) is 5.97 Å². The quantitative estimate of drug-likeness (QED) is 0.861. The number of ether oxygens (including phenoxy) is 1. The van der Waals surface area contributed by atoms with Gasteiger partial charge in [0.15, 0.2) is 6.10 Å². The van der Waals surface area contributed by atoms with Gasteiger partial charge in [0.1, 0.15) is 5.75 Å². The van der Waals surface area contributed by atoms with E-state index in [-0.39, 0.29) is 0 Å². The van der Waals surface area contributed by atoms with Gasteiger partial charge in [-0.3, -0.25) is 0 Å². The molecule has 2 aromatic carbocycles. The maximum Gasteiger partial charge on any atom is 0.163 e. The number of hydrogen-bond donors (Lipinski definition) is 0. The molecule has 0 aromatic heterocycles. The Bertz CT molecular complexity index is 578. The maximum absolute atomic E-state index is 11.2. The van der Waals surface area contributed by atoms with E-state index >= 15 is 0 Å². The van der Waals surface area contributed by atoms with Crippen molar-refractivity contribution < 1.29 is 14.6 Å². The van der Waals surface area contributed by atoms with Crippen molar-refractivity contribution in [2.45, 2.75) is 13.0 Å². The predicted octanol–water partition coefficient (Wildman–Crippen LogP) is 2.52. The predicted molar refractivity (Wildman–Crippen MR) is 71.0 cm³/mol. The highest BCUT2D eigenvalue weighted by Gasteiger charge is 2.14. The van der Waals surface area contributed by atoms with Gasteiger partial charge >= 0.3 is 0 Å². The smallest absolute Gasteiger partial charge is 0.163 e. The molecule has 0 saturated carbocycles. The molecule has 0 aliphatic carbocycles. The van der Waals surface area contributed by atoms with Gasteiger partial charge in [-0.25, -0.2) is 0 Å². The number of rotatable bonds is 4. The van der Waals surface area contributed by atoms with Crippen LogP contribution >= 0.6 is 11.6 Å². The second-order valence-electron chi connectivity index (χ2n) is 4.18. The van der Waals surface area contributed by atoms with Gasteiger partial charge in [-0.05, 0) is 42.3 Å². The molecule has 0 spiro atoms. The average Bonchev–Trinajstić information content (AvgIpc) is 2.37. The zero-order valence-corrected chi connectivity index (χ0v) is 11.1. The number of halogens is 1. The molecule has 0 N–H and O–H groups in total. The number of carboxylic acids is 1. The first-order chi connectivity index (χ1) is 9.06. The lowest BCUT2D eigenvalue weighted by Crippen LogP contribution is -2.33. The lowest BCUT2D eigenvalue weighted by Gasteiger charge is -2.20. The maximum atomic E-state index is 11.2. The summed E-state index contributed by atoms with van der Waals surface area (Å²) in [6.07, 6.45) is -1.15. The van der Waals surface area contributed by atoms with Crippen molar-refractivity contribution in [2.24, 2.45) is 0 Å². The molecule has 0 aliphatic heterocycles. The van der Waals surface area contributed by atoms with E-state index < -0.39 is 12.1 Å². The second-order valence-corrected chi connectivity index (χ2v) is 4.62. The number of aliphatic carboxylic acids is 1. The number of benzene rings is 2. The molecule has 98 valence electrons. The summed E-state index contributed by atoms with van der Waals surface area (Å²) in [7, 11) is 0. The van der Waals surface area contributed by atoms with E-state index in [1.807, 2.05) is 13.0 Å².